The van der Waals surface area contributed by atoms with Gasteiger partial charge in [0.15, 0.2) is 6.61 Å². The van der Waals surface area contributed by atoms with E-state index < -0.39 is 12.1 Å². The molecule has 0 radical (unpaired) electrons. The molecule has 1 aliphatic heterocycles. The Bertz CT molecular complexity index is 596. The Labute approximate surface area is 183 Å². The van der Waals surface area contributed by atoms with E-state index in [1.807, 2.05) is 0 Å². The van der Waals surface area contributed by atoms with E-state index in [9.17, 15) is 4.79 Å². The zero-order chi connectivity index (χ0) is 22.0. The van der Waals surface area contributed by atoms with Crippen molar-refractivity contribution < 1.29 is 42.7 Å². The van der Waals surface area contributed by atoms with Crippen molar-refractivity contribution in [3.8, 4) is 12.3 Å². The second-order valence-corrected chi connectivity index (χ2v) is 6.49. The molecule has 174 valence electrons. The van der Waals surface area contributed by atoms with Gasteiger partial charge in [-0.1, -0.05) is 12.0 Å². The smallest absolute Gasteiger partial charge is 0.338 e. The molecule has 1 fully saturated rings. The average Bonchev–Trinajstić information content (AvgIpc) is 2.79. The first-order chi connectivity index (χ1) is 15.3. The van der Waals surface area contributed by atoms with Crippen LogP contribution in [0, 0.1) is 12.3 Å². The Hall–Kier alpha value is -1.77. The highest BCUT2D eigenvalue weighted by Gasteiger charge is 2.25. The molecular weight excluding hydrogens is 408 g/mol. The maximum Gasteiger partial charge on any atom is 0.338 e. The quantitative estimate of drug-likeness (QED) is 0.450. The lowest BCUT2D eigenvalue weighted by Gasteiger charge is -2.26. The molecule has 9 nitrogen and oxygen atoms in total. The van der Waals surface area contributed by atoms with Gasteiger partial charge >= 0.3 is 5.97 Å². The van der Waals surface area contributed by atoms with Gasteiger partial charge in [0.2, 0.25) is 0 Å². The summed E-state index contributed by atoms with van der Waals surface area (Å²) < 4.78 is 44.0. The predicted octanol–water partition coefficient (Wildman–Crippen LogP) is 0.526. The van der Waals surface area contributed by atoms with E-state index in [0.717, 1.165) is 0 Å². The minimum atomic E-state index is -0.501. The molecule has 0 bridgehead atoms. The van der Waals surface area contributed by atoms with Crippen LogP contribution in [0.1, 0.15) is 0 Å². The summed E-state index contributed by atoms with van der Waals surface area (Å²) in [5.41, 5.74) is 0.371. The minimum absolute atomic E-state index is 0.0848. The van der Waals surface area contributed by atoms with Crippen LogP contribution in [0.15, 0.2) is 23.8 Å². The number of esters is 1. The summed E-state index contributed by atoms with van der Waals surface area (Å²) in [5, 5.41) is 0. The highest BCUT2D eigenvalue weighted by molar-refractivity contribution is 5.92. The zero-order valence-electron chi connectivity index (χ0n) is 17.8. The second-order valence-electron chi connectivity index (χ2n) is 6.49. The van der Waals surface area contributed by atoms with Gasteiger partial charge in [-0.25, -0.2) is 4.79 Å². The van der Waals surface area contributed by atoms with Gasteiger partial charge < -0.3 is 37.9 Å². The topological polar surface area (TPSA) is 90.9 Å². The van der Waals surface area contributed by atoms with Crippen molar-refractivity contribution in [3.63, 3.8) is 0 Å². The molecule has 1 saturated heterocycles. The summed E-state index contributed by atoms with van der Waals surface area (Å²) in [6.07, 6.45) is 9.41. The van der Waals surface area contributed by atoms with E-state index in [4.69, 9.17) is 44.3 Å². The third-order valence-corrected chi connectivity index (χ3v) is 4.22. The van der Waals surface area contributed by atoms with Crippen LogP contribution in [0.4, 0.5) is 0 Å². The van der Waals surface area contributed by atoms with Crippen LogP contribution in [0.5, 0.6) is 0 Å². The van der Waals surface area contributed by atoms with Gasteiger partial charge in [-0.3, -0.25) is 0 Å². The van der Waals surface area contributed by atoms with E-state index in [-0.39, 0.29) is 12.7 Å². The summed E-state index contributed by atoms with van der Waals surface area (Å²) in [5.74, 6) is 1.77. The number of carbonyl (C=O) groups is 1. The number of fused-ring (bicyclic) bond motifs is 1. The summed E-state index contributed by atoms with van der Waals surface area (Å²) in [6, 6.07) is 0. The van der Waals surface area contributed by atoms with E-state index in [0.29, 0.717) is 84.9 Å². The highest BCUT2D eigenvalue weighted by Crippen LogP contribution is 2.18. The Morgan fingerprint density at radius 3 is 1.74 bits per heavy atom. The van der Waals surface area contributed by atoms with E-state index in [1.165, 1.54) is 0 Å². The molecule has 2 aliphatic rings. The summed E-state index contributed by atoms with van der Waals surface area (Å²) >= 11 is 0. The van der Waals surface area contributed by atoms with Crippen LogP contribution in [-0.4, -0.2) is 104 Å². The van der Waals surface area contributed by atoms with Crippen molar-refractivity contribution in [2.75, 3.05) is 85.9 Å². The third-order valence-electron chi connectivity index (χ3n) is 4.22. The Kier molecular flexibility index (Phi) is 13.9. The van der Waals surface area contributed by atoms with E-state index in [1.54, 1.807) is 18.2 Å². The standard InChI is InChI=1S/C22H32O9/c1-2-5-31-22(23)19-3-4-20-21(18-19)30-17-15-28-13-11-26-9-7-24-6-8-25-10-12-27-14-16-29-20/h1,3-4,18,20-21H,5-17H2. The van der Waals surface area contributed by atoms with Crippen molar-refractivity contribution in [1.82, 2.24) is 0 Å². The van der Waals surface area contributed by atoms with Gasteiger partial charge in [-0.2, -0.15) is 0 Å². The van der Waals surface area contributed by atoms with Gasteiger partial charge in [0.25, 0.3) is 0 Å². The number of terminal acetylenes is 1. The first-order valence-corrected chi connectivity index (χ1v) is 10.4. The molecule has 2 rings (SSSR count). The second kappa shape index (κ2) is 16.9. The van der Waals surface area contributed by atoms with Crippen molar-refractivity contribution in [2.45, 2.75) is 12.2 Å². The molecular formula is C22H32O9. The van der Waals surface area contributed by atoms with E-state index >= 15 is 0 Å². The van der Waals surface area contributed by atoms with Crippen LogP contribution in [0.3, 0.4) is 0 Å². The molecule has 31 heavy (non-hydrogen) atoms. The molecule has 0 aromatic rings. The molecule has 1 aliphatic carbocycles. The summed E-state index contributed by atoms with van der Waals surface area (Å²) in [4.78, 5) is 12.1. The SMILES string of the molecule is C#CCOC(=O)C1=CC2OCCOCCOCCOCCOCCOCCOC2C=C1. The molecule has 0 aromatic heterocycles. The number of rotatable bonds is 2. The Balaban J connectivity index is 1.85. The Morgan fingerprint density at radius 2 is 1.26 bits per heavy atom. The lowest BCUT2D eigenvalue weighted by Crippen LogP contribution is -2.33. The average molecular weight is 440 g/mol. The zero-order valence-corrected chi connectivity index (χ0v) is 17.8. The van der Waals surface area contributed by atoms with Crippen molar-refractivity contribution in [3.05, 3.63) is 23.8 Å². The van der Waals surface area contributed by atoms with Gasteiger partial charge in [-0.15, -0.1) is 6.42 Å². The van der Waals surface area contributed by atoms with Gasteiger partial charge in [-0.05, 0) is 12.2 Å². The highest BCUT2D eigenvalue weighted by atomic mass is 16.6. The molecule has 0 N–H and O–H groups in total. The van der Waals surface area contributed by atoms with Crippen molar-refractivity contribution >= 4 is 5.97 Å². The lowest BCUT2D eigenvalue weighted by molar-refractivity contribution is -0.137. The minimum Gasteiger partial charge on any atom is -0.449 e. The van der Waals surface area contributed by atoms with Gasteiger partial charge in [0.05, 0.1) is 84.9 Å². The molecule has 0 aromatic carbocycles. The lowest BCUT2D eigenvalue weighted by atomic mass is 10.0. The molecule has 1 heterocycles. The number of ether oxygens (including phenoxy) is 8. The van der Waals surface area contributed by atoms with Crippen LogP contribution in [0.25, 0.3) is 0 Å². The van der Waals surface area contributed by atoms with Crippen LogP contribution in [-0.2, 0) is 42.7 Å². The first kappa shape index (κ1) is 25.5. The third kappa shape index (κ3) is 11.4. The fourth-order valence-corrected chi connectivity index (χ4v) is 2.72. The van der Waals surface area contributed by atoms with Crippen LogP contribution in [0.2, 0.25) is 0 Å². The van der Waals surface area contributed by atoms with E-state index in [2.05, 4.69) is 5.92 Å². The first-order valence-electron chi connectivity index (χ1n) is 10.4. The molecule has 9 heteroatoms. The van der Waals surface area contributed by atoms with Crippen LogP contribution < -0.4 is 0 Å². The Morgan fingerprint density at radius 1 is 0.806 bits per heavy atom. The number of hydrogen-bond donors (Lipinski definition) is 0. The fourth-order valence-electron chi connectivity index (χ4n) is 2.72. The molecule has 2 atom stereocenters. The predicted molar refractivity (Wildman–Crippen MR) is 111 cm³/mol. The monoisotopic (exact) mass is 440 g/mol. The molecule has 0 spiro atoms. The van der Waals surface area contributed by atoms with Crippen molar-refractivity contribution in [1.29, 1.82) is 0 Å². The fraction of sp³-hybridized carbons (Fsp3) is 0.682. The number of carbonyl (C=O) groups excluding carboxylic acids is 1. The number of hydrogen-bond acceptors (Lipinski definition) is 9. The van der Waals surface area contributed by atoms with Crippen LogP contribution >= 0.6 is 0 Å². The molecule has 2 unspecified atom stereocenters. The largest absolute Gasteiger partial charge is 0.449 e. The molecule has 0 saturated carbocycles. The molecule has 0 amide bonds. The maximum absolute atomic E-state index is 12.1. The summed E-state index contributed by atoms with van der Waals surface area (Å²) in [7, 11) is 0. The normalized spacial score (nSPS) is 25.8. The maximum atomic E-state index is 12.1. The van der Waals surface area contributed by atoms with Gasteiger partial charge in [0, 0.05) is 0 Å². The summed E-state index contributed by atoms with van der Waals surface area (Å²) in [6.45, 7) is 5.33. The van der Waals surface area contributed by atoms with Crippen molar-refractivity contribution in [2.24, 2.45) is 0 Å². The van der Waals surface area contributed by atoms with Gasteiger partial charge in [0.1, 0.15) is 12.2 Å².